The fourth-order valence-electron chi connectivity index (χ4n) is 1.08. The van der Waals surface area contributed by atoms with Crippen molar-refractivity contribution in [1.82, 2.24) is 4.90 Å². The van der Waals surface area contributed by atoms with Crippen molar-refractivity contribution in [3.05, 3.63) is 0 Å². The highest BCUT2D eigenvalue weighted by atomic mass is 16.4. The number of rotatable bonds is 3. The Kier molecular flexibility index (Phi) is 2.91. The maximum Gasteiger partial charge on any atom is 0.323 e. The lowest BCUT2D eigenvalue weighted by Crippen LogP contribution is -2.36. The number of hydrogen-bond donors (Lipinski definition) is 1. The molecule has 0 heterocycles. The third kappa shape index (κ3) is 2.79. The van der Waals surface area contributed by atoms with Gasteiger partial charge in [-0.3, -0.25) is 9.59 Å². The van der Waals surface area contributed by atoms with Crippen LogP contribution in [-0.4, -0.2) is 34.5 Å². The van der Waals surface area contributed by atoms with Gasteiger partial charge in [-0.25, -0.2) is 0 Å². The minimum absolute atomic E-state index is 0.101. The number of carboxylic acids is 1. The lowest BCUT2D eigenvalue weighted by atomic mass is 10.4. The van der Waals surface area contributed by atoms with Gasteiger partial charge >= 0.3 is 5.97 Å². The average Bonchev–Trinajstić information content (AvgIpc) is 2.82. The Morgan fingerprint density at radius 3 is 2.54 bits per heavy atom. The number of amides is 1. The van der Waals surface area contributed by atoms with Crippen LogP contribution >= 0.6 is 0 Å². The number of hydrogen-bond acceptors (Lipinski definition) is 2. The normalized spacial score (nSPS) is 14.2. The summed E-state index contributed by atoms with van der Waals surface area (Å²) in [4.78, 5) is 23.0. The maximum atomic E-state index is 11.2. The molecular weight excluding hydrogens is 170 g/mol. The summed E-state index contributed by atoms with van der Waals surface area (Å²) in [5.74, 6) is 3.45. The molecule has 0 aromatic rings. The molecule has 1 N–H and O–H groups in total. The van der Waals surface area contributed by atoms with Crippen molar-refractivity contribution in [3.63, 3.8) is 0 Å². The Hall–Kier alpha value is -1.50. The molecule has 0 atom stereocenters. The van der Waals surface area contributed by atoms with Gasteiger partial charge in [-0.05, 0) is 25.7 Å². The largest absolute Gasteiger partial charge is 0.480 e. The quantitative estimate of drug-likeness (QED) is 0.627. The first-order valence-corrected chi connectivity index (χ1v) is 4.10. The maximum absolute atomic E-state index is 11.2. The third-order valence-electron chi connectivity index (χ3n) is 1.79. The second-order valence-electron chi connectivity index (χ2n) is 2.93. The van der Waals surface area contributed by atoms with E-state index < -0.39 is 5.97 Å². The smallest absolute Gasteiger partial charge is 0.323 e. The minimum Gasteiger partial charge on any atom is -0.480 e. The number of carbonyl (C=O) groups excluding carboxylic acids is 1. The summed E-state index contributed by atoms with van der Waals surface area (Å²) in [6.07, 6.45) is 1.79. The van der Waals surface area contributed by atoms with Gasteiger partial charge in [0.05, 0.1) is 0 Å². The van der Waals surface area contributed by atoms with E-state index in [-0.39, 0.29) is 18.5 Å². The Balaban J connectivity index is 2.59. The molecule has 0 saturated heterocycles. The molecule has 4 heteroatoms. The predicted molar refractivity (Wildman–Crippen MR) is 45.8 cm³/mol. The monoisotopic (exact) mass is 181 g/mol. The molecule has 1 saturated carbocycles. The van der Waals surface area contributed by atoms with E-state index in [1.165, 1.54) is 4.90 Å². The molecule has 0 aromatic heterocycles. The molecular formula is C9H11NO3. The molecule has 1 fully saturated rings. The molecule has 1 aliphatic carbocycles. The van der Waals surface area contributed by atoms with Gasteiger partial charge in [0.1, 0.15) is 6.54 Å². The van der Waals surface area contributed by atoms with Crippen LogP contribution in [-0.2, 0) is 9.59 Å². The van der Waals surface area contributed by atoms with Crippen LogP contribution in [0.5, 0.6) is 0 Å². The molecule has 70 valence electrons. The van der Waals surface area contributed by atoms with Crippen molar-refractivity contribution in [2.75, 3.05) is 6.54 Å². The standard InChI is InChI=1S/C9H11NO3/c1-2-3-8(11)10(6-9(12)13)7-4-5-7/h7H,4-6H2,1H3,(H,12,13). The molecule has 0 aromatic carbocycles. The van der Waals surface area contributed by atoms with Gasteiger partial charge in [-0.1, -0.05) is 5.92 Å². The number of carbonyl (C=O) groups is 2. The predicted octanol–water partition coefficient (Wildman–Crippen LogP) is 0.0853. The second kappa shape index (κ2) is 3.94. The third-order valence-corrected chi connectivity index (χ3v) is 1.79. The molecule has 0 unspecified atom stereocenters. The summed E-state index contributed by atoms with van der Waals surface area (Å²) in [5, 5.41) is 8.54. The van der Waals surface area contributed by atoms with Crippen LogP contribution < -0.4 is 0 Å². The molecule has 1 amide bonds. The van der Waals surface area contributed by atoms with Crippen molar-refractivity contribution >= 4 is 11.9 Å². The van der Waals surface area contributed by atoms with E-state index in [2.05, 4.69) is 11.8 Å². The van der Waals surface area contributed by atoms with Gasteiger partial charge in [-0.15, -0.1) is 0 Å². The van der Waals surface area contributed by atoms with E-state index in [1.807, 2.05) is 0 Å². The van der Waals surface area contributed by atoms with E-state index in [0.717, 1.165) is 12.8 Å². The zero-order valence-electron chi connectivity index (χ0n) is 7.41. The highest BCUT2D eigenvalue weighted by Crippen LogP contribution is 2.26. The van der Waals surface area contributed by atoms with Gasteiger partial charge in [0.15, 0.2) is 0 Å². The minimum atomic E-state index is -0.988. The van der Waals surface area contributed by atoms with Crippen molar-refractivity contribution in [3.8, 4) is 11.8 Å². The molecule has 0 bridgehead atoms. The Morgan fingerprint density at radius 1 is 1.54 bits per heavy atom. The molecule has 0 radical (unpaired) electrons. The lowest BCUT2D eigenvalue weighted by Gasteiger charge is -2.16. The van der Waals surface area contributed by atoms with E-state index >= 15 is 0 Å². The van der Waals surface area contributed by atoms with E-state index in [9.17, 15) is 9.59 Å². The Bertz CT molecular complexity index is 283. The molecule has 13 heavy (non-hydrogen) atoms. The summed E-state index contributed by atoms with van der Waals surface area (Å²) >= 11 is 0. The Labute approximate surface area is 76.5 Å². The van der Waals surface area contributed by atoms with Crippen molar-refractivity contribution in [2.24, 2.45) is 0 Å². The van der Waals surface area contributed by atoms with Crippen LogP contribution in [0, 0.1) is 11.8 Å². The fraction of sp³-hybridized carbons (Fsp3) is 0.556. The van der Waals surface area contributed by atoms with Gasteiger partial charge < -0.3 is 10.0 Å². The van der Waals surface area contributed by atoms with Crippen LogP contribution in [0.2, 0.25) is 0 Å². The highest BCUT2D eigenvalue weighted by molar-refractivity contribution is 5.95. The van der Waals surface area contributed by atoms with Crippen LogP contribution in [0.3, 0.4) is 0 Å². The molecule has 0 spiro atoms. The topological polar surface area (TPSA) is 57.6 Å². The van der Waals surface area contributed by atoms with Gasteiger partial charge in [0, 0.05) is 6.04 Å². The molecule has 0 aliphatic heterocycles. The second-order valence-corrected chi connectivity index (χ2v) is 2.93. The zero-order valence-corrected chi connectivity index (χ0v) is 7.41. The summed E-state index contributed by atoms with van der Waals surface area (Å²) in [6, 6.07) is 0.101. The SMILES string of the molecule is CC#CC(=O)N(CC(=O)O)C1CC1. The van der Waals surface area contributed by atoms with E-state index in [4.69, 9.17) is 5.11 Å². The first kappa shape index (κ1) is 9.59. The van der Waals surface area contributed by atoms with Crippen LogP contribution in [0.25, 0.3) is 0 Å². The van der Waals surface area contributed by atoms with Crippen LogP contribution in [0.1, 0.15) is 19.8 Å². The number of carboxylic acid groups (broad SMARTS) is 1. The van der Waals surface area contributed by atoms with Crippen molar-refractivity contribution < 1.29 is 14.7 Å². The van der Waals surface area contributed by atoms with Gasteiger partial charge in [-0.2, -0.15) is 0 Å². The summed E-state index contributed by atoms with van der Waals surface area (Å²) in [5.41, 5.74) is 0. The number of aliphatic carboxylic acids is 1. The zero-order chi connectivity index (χ0) is 9.84. The number of nitrogens with zero attached hydrogens (tertiary/aromatic N) is 1. The average molecular weight is 181 g/mol. The summed E-state index contributed by atoms with van der Waals surface area (Å²) in [6.45, 7) is 1.32. The highest BCUT2D eigenvalue weighted by Gasteiger charge is 2.33. The van der Waals surface area contributed by atoms with E-state index in [0.29, 0.717) is 0 Å². The van der Waals surface area contributed by atoms with Gasteiger partial charge in [0.25, 0.3) is 5.91 Å². The first-order valence-electron chi connectivity index (χ1n) is 4.10. The van der Waals surface area contributed by atoms with Crippen LogP contribution in [0.15, 0.2) is 0 Å². The first-order chi connectivity index (χ1) is 6.15. The van der Waals surface area contributed by atoms with Gasteiger partial charge in [0.2, 0.25) is 0 Å². The van der Waals surface area contributed by atoms with Crippen LogP contribution in [0.4, 0.5) is 0 Å². The molecule has 4 nitrogen and oxygen atoms in total. The van der Waals surface area contributed by atoms with Crippen molar-refractivity contribution in [1.29, 1.82) is 0 Å². The lowest BCUT2D eigenvalue weighted by molar-refractivity contribution is -0.142. The van der Waals surface area contributed by atoms with E-state index in [1.54, 1.807) is 6.92 Å². The van der Waals surface area contributed by atoms with Crippen molar-refractivity contribution in [2.45, 2.75) is 25.8 Å². The fourth-order valence-corrected chi connectivity index (χ4v) is 1.08. The Morgan fingerprint density at radius 2 is 2.15 bits per heavy atom. The summed E-state index contributed by atoms with van der Waals surface area (Å²) in [7, 11) is 0. The molecule has 1 aliphatic rings. The summed E-state index contributed by atoms with van der Waals surface area (Å²) < 4.78 is 0. The molecule has 1 rings (SSSR count).